The summed E-state index contributed by atoms with van der Waals surface area (Å²) < 4.78 is 24.9. The Hall–Kier alpha value is 1.41. The molecule has 0 aromatic carbocycles. The summed E-state index contributed by atoms with van der Waals surface area (Å²) in [5.41, 5.74) is 0. The van der Waals surface area contributed by atoms with Crippen molar-refractivity contribution >= 4 is 48.3 Å². The van der Waals surface area contributed by atoms with E-state index in [-0.39, 0.29) is 29.6 Å². The Kier molecular flexibility index (Phi) is 8.97. The van der Waals surface area contributed by atoms with Crippen LogP contribution in [0.4, 0.5) is 0 Å². The second-order valence-electron chi connectivity index (χ2n) is 4.55. The van der Waals surface area contributed by atoms with Gasteiger partial charge in [-0.15, -0.1) is 0 Å². The van der Waals surface area contributed by atoms with E-state index < -0.39 is 17.3 Å². The molecule has 0 radical (unpaired) electrons. The maximum atomic E-state index is 13.4. The third-order valence-corrected chi connectivity index (χ3v) is 6.38. The number of alkyl halides is 3. The molecule has 7 nitrogen and oxygen atoms in total. The third kappa shape index (κ3) is 5.46. The van der Waals surface area contributed by atoms with Gasteiger partial charge in [-0.25, -0.2) is 9.34 Å². The quantitative estimate of drug-likeness (QED) is 0.344. The Morgan fingerprint density at radius 3 is 1.64 bits per heavy atom. The fourth-order valence-corrected chi connectivity index (χ4v) is 4.78. The predicted molar refractivity (Wildman–Crippen MR) is 81.0 cm³/mol. The number of nitrogens with zero attached hydrogens (tertiary/aromatic N) is 3. The third-order valence-electron chi connectivity index (χ3n) is 3.18. The summed E-state index contributed by atoms with van der Waals surface area (Å²) in [6.07, 6.45) is 0. The number of morpholine rings is 2. The Morgan fingerprint density at radius 1 is 0.955 bits per heavy atom. The zero-order valence-corrected chi connectivity index (χ0v) is 17.4. The smallest absolute Gasteiger partial charge is 0.569 e. The molecule has 122 valence electrons. The van der Waals surface area contributed by atoms with Crippen LogP contribution in [0, 0.1) is 0 Å². The minimum absolute atomic E-state index is 0. The van der Waals surface area contributed by atoms with Crippen LogP contribution in [0.5, 0.6) is 0 Å². The van der Waals surface area contributed by atoms with Crippen molar-refractivity contribution in [3.05, 3.63) is 5.09 Å². The normalized spacial score (nSPS) is 22.0. The average molecular weight is 403 g/mol. The van der Waals surface area contributed by atoms with Crippen LogP contribution in [-0.4, -0.2) is 71.6 Å². The molecule has 0 aromatic rings. The molecular weight excluding hydrogens is 386 g/mol. The maximum Gasteiger partial charge on any atom is 1.00 e. The summed E-state index contributed by atoms with van der Waals surface area (Å²) in [6, 6.07) is 0. The maximum absolute atomic E-state index is 13.4. The van der Waals surface area contributed by atoms with Crippen molar-refractivity contribution in [1.82, 2.24) is 9.34 Å². The number of hydrogen-bond acceptors (Lipinski definition) is 4. The van der Waals surface area contributed by atoms with Gasteiger partial charge in [-0.3, -0.25) is 0 Å². The number of hydrogen-bond donors (Lipinski definition) is 0. The molecule has 0 atom stereocenters. The van der Waals surface area contributed by atoms with Gasteiger partial charge >= 0.3 is 29.6 Å². The van der Waals surface area contributed by atoms with Crippen LogP contribution >= 0.6 is 42.4 Å². The Morgan fingerprint density at radius 2 is 1.32 bits per heavy atom. The average Bonchev–Trinajstić information content (AvgIpc) is 2.48. The van der Waals surface area contributed by atoms with Gasteiger partial charge in [0.1, 0.15) is 5.91 Å². The molecule has 0 aliphatic carbocycles. The molecular formula is C10H16Cl3N3NaO4P. The molecule has 0 saturated carbocycles. The van der Waals surface area contributed by atoms with Crippen LogP contribution in [0.2, 0.25) is 0 Å². The van der Waals surface area contributed by atoms with Crippen LogP contribution in [0.25, 0.3) is 5.09 Å². The largest absolute Gasteiger partial charge is 1.00 e. The van der Waals surface area contributed by atoms with E-state index in [1.54, 1.807) is 9.34 Å². The summed E-state index contributed by atoms with van der Waals surface area (Å²) in [7, 11) is -3.49. The van der Waals surface area contributed by atoms with Crippen molar-refractivity contribution in [2.75, 3.05) is 52.6 Å². The van der Waals surface area contributed by atoms with Gasteiger partial charge in [0.25, 0.3) is 0 Å². The summed E-state index contributed by atoms with van der Waals surface area (Å²) in [4.78, 5) is 11.9. The van der Waals surface area contributed by atoms with E-state index in [9.17, 15) is 9.36 Å². The number of ether oxygens (including phenoxy) is 2. The van der Waals surface area contributed by atoms with E-state index in [1.165, 1.54) is 0 Å². The molecule has 0 unspecified atom stereocenters. The van der Waals surface area contributed by atoms with Gasteiger partial charge in [0.05, 0.1) is 26.4 Å². The van der Waals surface area contributed by atoms with Gasteiger partial charge in [-0.1, -0.05) is 34.8 Å². The molecule has 0 spiro atoms. The van der Waals surface area contributed by atoms with Crippen LogP contribution in [0.1, 0.15) is 0 Å². The number of halogens is 3. The van der Waals surface area contributed by atoms with Crippen LogP contribution < -0.4 is 29.6 Å². The molecule has 0 bridgehead atoms. The van der Waals surface area contributed by atoms with Crippen molar-refractivity contribution in [3.63, 3.8) is 0 Å². The van der Waals surface area contributed by atoms with E-state index in [0.29, 0.717) is 52.6 Å². The standard InChI is InChI=1S/C10H17Cl3N3O4P.Na/c11-10(12,13)9(17)14-21(18,15-1-5-19-6-2-15)16-3-7-20-8-4-16;/h1-8H2,(H,14,17,18);/q;+1/p-1. The molecule has 0 aromatic heterocycles. The first-order valence-corrected chi connectivity index (χ1v) is 9.15. The van der Waals surface area contributed by atoms with Crippen molar-refractivity contribution in [2.24, 2.45) is 0 Å². The Bertz CT molecular complexity index is 406. The first kappa shape index (κ1) is 21.5. The molecule has 2 fully saturated rings. The number of carbonyl (C=O) groups is 1. The minimum atomic E-state index is -3.49. The SMILES string of the molecule is O=C([N-]P(=O)(N1CCOCC1)N1CCOCC1)C(Cl)(Cl)Cl.[Na+]. The van der Waals surface area contributed by atoms with Gasteiger partial charge < -0.3 is 23.9 Å². The second kappa shape index (κ2) is 9.20. The first-order valence-electron chi connectivity index (χ1n) is 6.45. The summed E-state index contributed by atoms with van der Waals surface area (Å²) in [5.74, 6) is -1.02. The van der Waals surface area contributed by atoms with Gasteiger partial charge in [0, 0.05) is 26.2 Å². The number of carbonyl (C=O) groups excluding carboxylic acids is 1. The molecule has 2 saturated heterocycles. The molecule has 2 heterocycles. The van der Waals surface area contributed by atoms with Gasteiger partial charge in [-0.05, 0) is 0 Å². The van der Waals surface area contributed by atoms with Crippen molar-refractivity contribution < 1.29 is 48.4 Å². The Labute approximate surface area is 166 Å². The van der Waals surface area contributed by atoms with E-state index in [4.69, 9.17) is 44.3 Å². The van der Waals surface area contributed by atoms with Gasteiger partial charge in [0.15, 0.2) is 7.59 Å². The molecule has 2 rings (SSSR count). The summed E-state index contributed by atoms with van der Waals surface area (Å²) in [6.45, 7) is 3.32. The van der Waals surface area contributed by atoms with Gasteiger partial charge in [0.2, 0.25) is 3.79 Å². The van der Waals surface area contributed by atoms with E-state index in [1.807, 2.05) is 0 Å². The summed E-state index contributed by atoms with van der Waals surface area (Å²) in [5, 5.41) is 3.79. The molecule has 22 heavy (non-hydrogen) atoms. The minimum Gasteiger partial charge on any atom is -0.569 e. The summed E-state index contributed by atoms with van der Waals surface area (Å²) >= 11 is 16.6. The fraction of sp³-hybridized carbons (Fsp3) is 0.900. The van der Waals surface area contributed by atoms with E-state index in [2.05, 4.69) is 5.09 Å². The van der Waals surface area contributed by atoms with Crippen LogP contribution in [0.15, 0.2) is 0 Å². The van der Waals surface area contributed by atoms with Crippen molar-refractivity contribution in [2.45, 2.75) is 3.79 Å². The first-order chi connectivity index (χ1) is 9.84. The number of amides is 1. The molecule has 12 heteroatoms. The molecule has 2 aliphatic rings. The molecule has 2 aliphatic heterocycles. The fourth-order valence-electron chi connectivity index (χ4n) is 2.11. The Balaban J connectivity index is 0.00000242. The zero-order valence-electron chi connectivity index (χ0n) is 12.2. The second-order valence-corrected chi connectivity index (χ2v) is 9.19. The monoisotopic (exact) mass is 401 g/mol. The van der Waals surface area contributed by atoms with Crippen molar-refractivity contribution in [1.29, 1.82) is 0 Å². The van der Waals surface area contributed by atoms with E-state index >= 15 is 0 Å². The topological polar surface area (TPSA) is 73.2 Å². The molecule has 0 N–H and O–H groups in total. The predicted octanol–water partition coefficient (Wildman–Crippen LogP) is -0.967. The van der Waals surface area contributed by atoms with Gasteiger partial charge in [-0.2, -0.15) is 0 Å². The number of rotatable bonds is 3. The van der Waals surface area contributed by atoms with Crippen molar-refractivity contribution in [3.8, 4) is 0 Å². The molecule has 1 amide bonds. The van der Waals surface area contributed by atoms with E-state index in [0.717, 1.165) is 0 Å². The van der Waals surface area contributed by atoms with Crippen LogP contribution in [-0.2, 0) is 18.8 Å². The van der Waals surface area contributed by atoms with Crippen LogP contribution in [0.3, 0.4) is 0 Å². The zero-order chi connectivity index (χ0) is 15.5.